The van der Waals surface area contributed by atoms with Crippen LogP contribution in [0.2, 0.25) is 0 Å². The maximum Gasteiger partial charge on any atom is 0.251 e. The van der Waals surface area contributed by atoms with Crippen molar-refractivity contribution in [2.24, 2.45) is 17.6 Å². The summed E-state index contributed by atoms with van der Waals surface area (Å²) >= 11 is 1.39. The summed E-state index contributed by atoms with van der Waals surface area (Å²) in [5.41, 5.74) is 6.91. The van der Waals surface area contributed by atoms with Gasteiger partial charge in [0.25, 0.3) is 5.91 Å². The molecule has 2 amide bonds. The maximum absolute atomic E-state index is 12.7. The number of nitrogens with one attached hydrogen (secondary N) is 1. The van der Waals surface area contributed by atoms with E-state index in [9.17, 15) is 19.5 Å². The summed E-state index contributed by atoms with van der Waals surface area (Å²) in [6.45, 7) is 0. The average Bonchev–Trinajstić information content (AvgIpc) is 2.76. The van der Waals surface area contributed by atoms with Crippen LogP contribution in [0.15, 0.2) is 12.2 Å². The smallest absolute Gasteiger partial charge is 0.251 e. The van der Waals surface area contributed by atoms with Crippen LogP contribution in [0.25, 0.3) is 0 Å². The number of hydrogen-bond acceptors (Lipinski definition) is 5. The van der Waals surface area contributed by atoms with E-state index in [1.54, 1.807) is 6.08 Å². The van der Waals surface area contributed by atoms with Crippen molar-refractivity contribution in [3.05, 3.63) is 28.2 Å². The topological polar surface area (TPSA) is 112 Å². The Hall–Kier alpha value is -2.15. The van der Waals surface area contributed by atoms with Gasteiger partial charge in [0.15, 0.2) is 0 Å². The van der Waals surface area contributed by atoms with Crippen LogP contribution in [0.5, 0.6) is 0 Å². The van der Waals surface area contributed by atoms with Crippen LogP contribution in [0.3, 0.4) is 0 Å². The minimum absolute atomic E-state index is 0.282. The molecule has 0 radical (unpaired) electrons. The lowest BCUT2D eigenvalue weighted by molar-refractivity contribution is -0.313. The summed E-state index contributed by atoms with van der Waals surface area (Å²) in [4.78, 5) is 37.0. The van der Waals surface area contributed by atoms with Crippen LogP contribution in [-0.2, 0) is 22.4 Å². The van der Waals surface area contributed by atoms with Crippen LogP contribution < -0.4 is 16.2 Å². The Bertz CT molecular complexity index is 738. The number of carbonyl (C=O) groups is 3. The lowest BCUT2D eigenvalue weighted by atomic mass is 9.82. The fraction of sp³-hybridized carbons (Fsp3) is 0.500. The second-order valence-corrected chi connectivity index (χ2v) is 7.70. The summed E-state index contributed by atoms with van der Waals surface area (Å²) in [7, 11) is 0. The number of hydrogen-bond donors (Lipinski definition) is 2. The molecule has 1 aromatic rings. The molecule has 2 aliphatic carbocycles. The second-order valence-electron chi connectivity index (χ2n) is 6.60. The minimum atomic E-state index is -1.22. The van der Waals surface area contributed by atoms with Crippen molar-refractivity contribution in [3.63, 3.8) is 0 Å². The van der Waals surface area contributed by atoms with Crippen molar-refractivity contribution in [3.8, 4) is 0 Å². The number of anilines is 1. The number of thiophene rings is 1. The average molecular weight is 361 g/mol. The zero-order valence-corrected chi connectivity index (χ0v) is 14.7. The van der Waals surface area contributed by atoms with Gasteiger partial charge in [0.1, 0.15) is 5.00 Å². The lowest BCUT2D eigenvalue weighted by Crippen LogP contribution is -2.41. The molecule has 6 nitrogen and oxygen atoms in total. The van der Waals surface area contributed by atoms with E-state index in [4.69, 9.17) is 5.73 Å². The van der Waals surface area contributed by atoms with Crippen molar-refractivity contribution >= 4 is 34.1 Å². The molecule has 3 rings (SSSR count). The van der Waals surface area contributed by atoms with Crippen molar-refractivity contribution < 1.29 is 19.5 Å². The molecular formula is C18H21N2O4S-. The molecule has 2 atom stereocenters. The standard InChI is InChI=1S/C18H22N2O4S/c19-15(21)14-12-8-2-1-3-9-13(12)25-17(14)20-16(22)10-6-4-5-7-11(10)18(23)24/h4-5,10-11H,1-3,6-9H2,(H2,19,21)(H,20,22)(H,23,24)/p-1. The molecule has 25 heavy (non-hydrogen) atoms. The number of aliphatic carboxylic acids is 1. The summed E-state index contributed by atoms with van der Waals surface area (Å²) in [6.07, 6.45) is 9.03. The van der Waals surface area contributed by atoms with Crippen LogP contribution in [-0.4, -0.2) is 17.8 Å². The third-order valence-electron chi connectivity index (χ3n) is 4.98. The molecule has 0 fully saturated rings. The first-order chi connectivity index (χ1) is 12.0. The van der Waals surface area contributed by atoms with Crippen molar-refractivity contribution in [1.82, 2.24) is 0 Å². The second kappa shape index (κ2) is 7.39. The first-order valence-electron chi connectivity index (χ1n) is 8.60. The summed E-state index contributed by atoms with van der Waals surface area (Å²) in [5.74, 6) is -3.70. The number of carboxylic acid groups (broad SMARTS) is 1. The van der Waals surface area contributed by atoms with Gasteiger partial charge in [-0.15, -0.1) is 11.3 Å². The van der Waals surface area contributed by atoms with Gasteiger partial charge < -0.3 is 21.0 Å². The largest absolute Gasteiger partial charge is 0.550 e. The molecule has 134 valence electrons. The SMILES string of the molecule is NC(=O)c1c(NC(=O)C2CC=CCC2C(=O)[O-])sc2c1CCCCC2. The van der Waals surface area contributed by atoms with Gasteiger partial charge >= 0.3 is 0 Å². The molecule has 0 saturated carbocycles. The highest BCUT2D eigenvalue weighted by Gasteiger charge is 2.32. The van der Waals surface area contributed by atoms with Crippen LogP contribution >= 0.6 is 11.3 Å². The van der Waals surface area contributed by atoms with Gasteiger partial charge in [0.2, 0.25) is 5.91 Å². The molecule has 1 aromatic heterocycles. The van der Waals surface area contributed by atoms with Crippen LogP contribution in [0, 0.1) is 11.8 Å². The third kappa shape index (κ3) is 3.61. The molecule has 2 aliphatic rings. The van der Waals surface area contributed by atoms with E-state index < -0.39 is 29.6 Å². The van der Waals surface area contributed by atoms with Gasteiger partial charge in [-0.25, -0.2) is 0 Å². The number of rotatable bonds is 4. The van der Waals surface area contributed by atoms with Gasteiger partial charge in [-0.2, -0.15) is 0 Å². The van der Waals surface area contributed by atoms with Gasteiger partial charge in [-0.1, -0.05) is 18.6 Å². The zero-order valence-electron chi connectivity index (χ0n) is 13.9. The van der Waals surface area contributed by atoms with Gasteiger partial charge in [-0.05, 0) is 44.1 Å². The van der Waals surface area contributed by atoms with E-state index in [1.807, 2.05) is 6.08 Å². The molecular weight excluding hydrogens is 340 g/mol. The van der Waals surface area contributed by atoms with Crippen molar-refractivity contribution in [2.75, 3.05) is 5.32 Å². The summed E-state index contributed by atoms with van der Waals surface area (Å²) < 4.78 is 0. The van der Waals surface area contributed by atoms with Crippen molar-refractivity contribution in [1.29, 1.82) is 0 Å². The highest BCUT2D eigenvalue weighted by Crippen LogP contribution is 2.38. The quantitative estimate of drug-likeness (QED) is 0.623. The molecule has 3 N–H and O–H groups in total. The number of amides is 2. The third-order valence-corrected chi connectivity index (χ3v) is 6.18. The van der Waals surface area contributed by atoms with Gasteiger partial charge in [0.05, 0.1) is 11.5 Å². The van der Waals surface area contributed by atoms with E-state index in [0.717, 1.165) is 42.5 Å². The first-order valence-corrected chi connectivity index (χ1v) is 9.41. The van der Waals surface area contributed by atoms with Crippen LogP contribution in [0.1, 0.15) is 52.9 Å². The molecule has 0 bridgehead atoms. The maximum atomic E-state index is 12.7. The van der Waals surface area contributed by atoms with E-state index in [-0.39, 0.29) is 6.42 Å². The van der Waals surface area contributed by atoms with E-state index in [1.165, 1.54) is 11.3 Å². The number of carboxylic acids is 1. The molecule has 0 aliphatic heterocycles. The number of fused-ring (bicyclic) bond motifs is 1. The molecule has 0 saturated heterocycles. The predicted octanol–water partition coefficient (Wildman–Crippen LogP) is 1.39. The molecule has 7 heteroatoms. The zero-order chi connectivity index (χ0) is 18.0. The Kier molecular flexibility index (Phi) is 5.22. The Morgan fingerprint density at radius 3 is 2.44 bits per heavy atom. The summed E-state index contributed by atoms with van der Waals surface area (Å²) in [6, 6.07) is 0. The summed E-state index contributed by atoms with van der Waals surface area (Å²) in [5, 5.41) is 14.5. The van der Waals surface area contributed by atoms with Crippen LogP contribution in [0.4, 0.5) is 5.00 Å². The highest BCUT2D eigenvalue weighted by atomic mass is 32.1. The number of primary amides is 1. The fourth-order valence-corrected chi connectivity index (χ4v) is 4.96. The van der Waals surface area contributed by atoms with E-state index in [0.29, 0.717) is 17.0 Å². The molecule has 0 spiro atoms. The normalized spacial score (nSPS) is 22.7. The number of aryl methyl sites for hydroxylation is 1. The first kappa shape index (κ1) is 17.7. The van der Waals surface area contributed by atoms with Gasteiger partial charge in [-0.3, -0.25) is 9.59 Å². The molecule has 1 heterocycles. The number of allylic oxidation sites excluding steroid dienone is 2. The van der Waals surface area contributed by atoms with E-state index in [2.05, 4.69) is 5.32 Å². The monoisotopic (exact) mass is 361 g/mol. The van der Waals surface area contributed by atoms with Crippen molar-refractivity contribution in [2.45, 2.75) is 44.9 Å². The lowest BCUT2D eigenvalue weighted by Gasteiger charge is -2.28. The predicted molar refractivity (Wildman–Crippen MR) is 93.1 cm³/mol. The number of nitrogens with two attached hydrogens (primary N) is 1. The minimum Gasteiger partial charge on any atom is -0.550 e. The number of carbonyl (C=O) groups excluding carboxylic acids is 3. The molecule has 0 aromatic carbocycles. The molecule has 2 unspecified atom stereocenters. The Morgan fingerprint density at radius 2 is 1.76 bits per heavy atom. The Balaban J connectivity index is 1.87. The van der Waals surface area contributed by atoms with Gasteiger partial charge in [0, 0.05) is 16.8 Å². The van der Waals surface area contributed by atoms with E-state index >= 15 is 0 Å². The Labute approximate surface area is 150 Å². The fourth-order valence-electron chi connectivity index (χ4n) is 3.66. The highest BCUT2D eigenvalue weighted by molar-refractivity contribution is 7.17. The Morgan fingerprint density at radius 1 is 1.08 bits per heavy atom.